The number of nitrogens with two attached hydrogens (primary N) is 1. The van der Waals surface area contributed by atoms with Crippen LogP contribution in [0.2, 0.25) is 5.02 Å². The molecule has 1 heterocycles. The molecule has 0 aliphatic rings. The van der Waals surface area contributed by atoms with Crippen molar-refractivity contribution in [2.45, 2.75) is 6.92 Å². The van der Waals surface area contributed by atoms with Gasteiger partial charge in [-0.2, -0.15) is 0 Å². The number of nitrogen functional groups attached to an aromatic ring is 1. The van der Waals surface area contributed by atoms with E-state index in [0.717, 1.165) is 31.2 Å². The molecule has 2 aromatic carbocycles. The second kappa shape index (κ2) is 5.06. The molecule has 0 aliphatic heterocycles. The molecular weight excluding hydrogens is 407 g/mol. The maximum Gasteiger partial charge on any atom is 0.229 e. The smallest absolute Gasteiger partial charge is 0.229 e. The van der Waals surface area contributed by atoms with Crippen molar-refractivity contribution in [2.24, 2.45) is 0 Å². The number of aryl methyl sites for hydroxylation is 1. The Morgan fingerprint density at radius 1 is 1.20 bits per heavy atom. The molecule has 102 valence electrons. The van der Waals surface area contributed by atoms with E-state index in [0.29, 0.717) is 16.6 Å². The zero-order valence-corrected chi connectivity index (χ0v) is 14.3. The Kier molecular flexibility index (Phi) is 3.52. The van der Waals surface area contributed by atoms with Crippen molar-refractivity contribution in [3.05, 3.63) is 43.8 Å². The molecule has 1 aromatic heterocycles. The molecule has 6 heteroatoms. The lowest BCUT2D eigenvalue weighted by molar-refractivity contribution is 0.617. The minimum Gasteiger partial charge on any atom is -0.436 e. The number of hydrogen-bond donors (Lipinski definition) is 1. The number of halogens is 3. The zero-order valence-electron chi connectivity index (χ0n) is 10.4. The molecule has 20 heavy (non-hydrogen) atoms. The summed E-state index contributed by atoms with van der Waals surface area (Å²) in [6, 6.07) is 7.38. The first kappa shape index (κ1) is 13.9. The van der Waals surface area contributed by atoms with Gasteiger partial charge in [-0.15, -0.1) is 0 Å². The zero-order chi connectivity index (χ0) is 14.4. The maximum absolute atomic E-state index is 6.08. The molecule has 0 radical (unpaired) electrons. The van der Waals surface area contributed by atoms with Gasteiger partial charge in [0.25, 0.3) is 0 Å². The highest BCUT2D eigenvalue weighted by Crippen LogP contribution is 2.37. The quantitative estimate of drug-likeness (QED) is 0.528. The highest BCUT2D eigenvalue weighted by molar-refractivity contribution is 9.11. The summed E-state index contributed by atoms with van der Waals surface area (Å²) in [6.45, 7) is 1.93. The predicted molar refractivity (Wildman–Crippen MR) is 89.0 cm³/mol. The van der Waals surface area contributed by atoms with Crippen LogP contribution in [0.3, 0.4) is 0 Å². The Bertz CT molecular complexity index is 830. The standard InChI is InChI=1S/C14H9Br2ClN2O/c1-6-2-8(17)5-11-13(6)20-14(19-11)9-3-7(15)4-10(16)12(9)18/h2-5H,18H2,1H3. The number of benzene rings is 2. The SMILES string of the molecule is Cc1cc(Cl)cc2nc(-c3cc(Br)cc(Br)c3N)oc12. The van der Waals surface area contributed by atoms with E-state index in [2.05, 4.69) is 36.8 Å². The lowest BCUT2D eigenvalue weighted by atomic mass is 10.2. The van der Waals surface area contributed by atoms with Crippen molar-refractivity contribution in [1.29, 1.82) is 0 Å². The fourth-order valence-electron chi connectivity index (χ4n) is 2.03. The minimum absolute atomic E-state index is 0.477. The van der Waals surface area contributed by atoms with E-state index in [4.69, 9.17) is 21.8 Å². The molecule has 0 spiro atoms. The number of aromatic nitrogens is 1. The van der Waals surface area contributed by atoms with Crippen LogP contribution in [0, 0.1) is 6.92 Å². The second-order valence-electron chi connectivity index (χ2n) is 4.44. The van der Waals surface area contributed by atoms with Crippen LogP contribution in [0.4, 0.5) is 5.69 Å². The van der Waals surface area contributed by atoms with Crippen LogP contribution in [0.1, 0.15) is 5.56 Å². The second-order valence-corrected chi connectivity index (χ2v) is 6.65. The van der Waals surface area contributed by atoms with Crippen LogP contribution in [-0.2, 0) is 0 Å². The first-order chi connectivity index (χ1) is 9.45. The van der Waals surface area contributed by atoms with E-state index in [1.54, 1.807) is 6.07 Å². The van der Waals surface area contributed by atoms with Gasteiger partial charge < -0.3 is 10.2 Å². The van der Waals surface area contributed by atoms with Crippen molar-refractivity contribution in [2.75, 3.05) is 5.73 Å². The summed E-state index contributed by atoms with van der Waals surface area (Å²) in [5.41, 5.74) is 9.79. The van der Waals surface area contributed by atoms with Crippen LogP contribution in [-0.4, -0.2) is 4.98 Å². The van der Waals surface area contributed by atoms with Crippen LogP contribution >= 0.6 is 43.5 Å². The van der Waals surface area contributed by atoms with Gasteiger partial charge in [0.2, 0.25) is 5.89 Å². The maximum atomic E-state index is 6.08. The van der Waals surface area contributed by atoms with Gasteiger partial charge in [0, 0.05) is 14.0 Å². The van der Waals surface area contributed by atoms with Gasteiger partial charge in [0.05, 0.1) is 11.3 Å². The van der Waals surface area contributed by atoms with Gasteiger partial charge in [-0.25, -0.2) is 4.98 Å². The van der Waals surface area contributed by atoms with Crippen LogP contribution < -0.4 is 5.73 Å². The number of rotatable bonds is 1. The van der Waals surface area contributed by atoms with Crippen molar-refractivity contribution >= 4 is 60.2 Å². The predicted octanol–water partition coefficient (Wildman–Crippen LogP) is 5.56. The summed E-state index contributed by atoms with van der Waals surface area (Å²) >= 11 is 12.9. The molecule has 0 saturated carbocycles. The molecule has 3 nitrogen and oxygen atoms in total. The summed E-state index contributed by atoms with van der Waals surface area (Å²) in [5, 5.41) is 0.637. The number of fused-ring (bicyclic) bond motifs is 1. The Hall–Kier alpha value is -1.04. The molecular formula is C14H9Br2ClN2O. The van der Waals surface area contributed by atoms with Crippen LogP contribution in [0.5, 0.6) is 0 Å². The Morgan fingerprint density at radius 2 is 1.95 bits per heavy atom. The van der Waals surface area contributed by atoms with Crippen LogP contribution in [0.15, 0.2) is 37.6 Å². The third kappa shape index (κ3) is 2.34. The molecule has 0 fully saturated rings. The van der Waals surface area contributed by atoms with E-state index in [9.17, 15) is 0 Å². The molecule has 0 bridgehead atoms. The highest BCUT2D eigenvalue weighted by atomic mass is 79.9. The fourth-order valence-corrected chi connectivity index (χ4v) is 3.53. The van der Waals surface area contributed by atoms with Crippen molar-refractivity contribution in [1.82, 2.24) is 4.98 Å². The van der Waals surface area contributed by atoms with Crippen molar-refractivity contribution < 1.29 is 4.42 Å². The van der Waals surface area contributed by atoms with Gasteiger partial charge in [0.15, 0.2) is 5.58 Å². The van der Waals surface area contributed by atoms with Gasteiger partial charge >= 0.3 is 0 Å². The van der Waals surface area contributed by atoms with Crippen molar-refractivity contribution in [3.63, 3.8) is 0 Å². The van der Waals surface area contributed by atoms with E-state index in [1.165, 1.54) is 0 Å². The van der Waals surface area contributed by atoms with Crippen LogP contribution in [0.25, 0.3) is 22.6 Å². The van der Waals surface area contributed by atoms with E-state index in [-0.39, 0.29) is 0 Å². The Morgan fingerprint density at radius 3 is 2.70 bits per heavy atom. The molecule has 0 atom stereocenters. The molecule has 0 aliphatic carbocycles. The molecule has 0 saturated heterocycles. The molecule has 0 amide bonds. The topological polar surface area (TPSA) is 52.0 Å². The van der Waals surface area contributed by atoms with Crippen molar-refractivity contribution in [3.8, 4) is 11.5 Å². The normalized spacial score (nSPS) is 11.2. The Balaban J connectivity index is 2.28. The lowest BCUT2D eigenvalue weighted by Crippen LogP contribution is -1.92. The highest BCUT2D eigenvalue weighted by Gasteiger charge is 2.15. The Labute approximate surface area is 137 Å². The van der Waals surface area contributed by atoms with E-state index in [1.807, 2.05) is 25.1 Å². The van der Waals surface area contributed by atoms with E-state index >= 15 is 0 Å². The summed E-state index contributed by atoms with van der Waals surface area (Å²) in [7, 11) is 0. The number of nitrogens with zero attached hydrogens (tertiary/aromatic N) is 1. The lowest BCUT2D eigenvalue weighted by Gasteiger charge is -2.04. The average molecular weight is 417 g/mol. The summed E-state index contributed by atoms with van der Waals surface area (Å²) in [6.07, 6.45) is 0. The van der Waals surface area contributed by atoms with Gasteiger partial charge in [-0.3, -0.25) is 0 Å². The molecule has 3 rings (SSSR count). The average Bonchev–Trinajstić information content (AvgIpc) is 2.77. The third-order valence-electron chi connectivity index (χ3n) is 2.97. The monoisotopic (exact) mass is 414 g/mol. The summed E-state index contributed by atoms with van der Waals surface area (Å²) in [4.78, 5) is 4.47. The van der Waals surface area contributed by atoms with Gasteiger partial charge in [-0.05, 0) is 52.7 Å². The third-order valence-corrected chi connectivity index (χ3v) is 4.30. The number of hydrogen-bond acceptors (Lipinski definition) is 3. The minimum atomic E-state index is 0.477. The number of anilines is 1. The number of oxazole rings is 1. The molecule has 3 aromatic rings. The first-order valence-corrected chi connectivity index (χ1v) is 7.73. The van der Waals surface area contributed by atoms with Gasteiger partial charge in [0.1, 0.15) is 5.52 Å². The largest absolute Gasteiger partial charge is 0.436 e. The summed E-state index contributed by atoms with van der Waals surface area (Å²) in [5.74, 6) is 0.477. The molecule has 2 N–H and O–H groups in total. The fraction of sp³-hybridized carbons (Fsp3) is 0.0714. The molecule has 0 unspecified atom stereocenters. The first-order valence-electron chi connectivity index (χ1n) is 5.77. The van der Waals surface area contributed by atoms with Gasteiger partial charge in [-0.1, -0.05) is 27.5 Å². The van der Waals surface area contributed by atoms with E-state index < -0.39 is 0 Å². The summed E-state index contributed by atoms with van der Waals surface area (Å²) < 4.78 is 7.52.